The molecule has 4 N–H and O–H groups in total. The van der Waals surface area contributed by atoms with Crippen molar-refractivity contribution in [1.82, 2.24) is 19.5 Å². The van der Waals surface area contributed by atoms with E-state index in [1.807, 2.05) is 0 Å². The number of alkyl halides is 2. The van der Waals surface area contributed by atoms with Gasteiger partial charge >= 0.3 is 19.9 Å². The predicted octanol–water partition coefficient (Wildman–Crippen LogP) is 3.91. The lowest BCUT2D eigenvalue weighted by Crippen LogP contribution is -2.44. The van der Waals surface area contributed by atoms with Crippen molar-refractivity contribution in [3.63, 3.8) is 0 Å². The second-order valence-corrected chi connectivity index (χ2v) is 13.0. The van der Waals surface area contributed by atoms with Crippen LogP contribution in [0.2, 0.25) is 0 Å². The third-order valence-electron chi connectivity index (χ3n) is 6.20. The van der Waals surface area contributed by atoms with Crippen molar-refractivity contribution in [2.24, 2.45) is 11.7 Å². The SMILES string of the molecule is CCOc1nc(N)nc2c1ncn2[C@@H](COC(=O)C(N)C(C)C)O[C@](F)(COP(=O)(OCOCOC(C)C)OCOC(=O)OC(C)C)[C@H](C)F. The monoisotopic (exact) mass is 744 g/mol. The van der Waals surface area contributed by atoms with E-state index < -0.39 is 77.1 Å². The van der Waals surface area contributed by atoms with Crippen molar-refractivity contribution in [3.05, 3.63) is 6.33 Å². The summed E-state index contributed by atoms with van der Waals surface area (Å²) in [6, 6.07) is -1.07. The van der Waals surface area contributed by atoms with Gasteiger partial charge in [0.15, 0.2) is 30.4 Å². The number of ether oxygens (including phenoxy) is 7. The van der Waals surface area contributed by atoms with Crippen molar-refractivity contribution in [1.29, 1.82) is 0 Å². The van der Waals surface area contributed by atoms with E-state index in [9.17, 15) is 14.2 Å². The number of hydrogen-bond acceptors (Lipinski definition) is 18. The van der Waals surface area contributed by atoms with Gasteiger partial charge in [-0.05, 0) is 47.5 Å². The number of hydrogen-bond donors (Lipinski definition) is 2. The van der Waals surface area contributed by atoms with E-state index in [1.54, 1.807) is 48.5 Å². The van der Waals surface area contributed by atoms with E-state index in [0.29, 0.717) is 0 Å². The molecule has 2 unspecified atom stereocenters. The van der Waals surface area contributed by atoms with E-state index in [4.69, 9.17) is 53.5 Å². The van der Waals surface area contributed by atoms with Crippen LogP contribution in [0.15, 0.2) is 6.33 Å². The molecule has 0 saturated carbocycles. The third-order valence-corrected chi connectivity index (χ3v) is 7.49. The van der Waals surface area contributed by atoms with Crippen LogP contribution in [-0.2, 0) is 51.4 Å². The molecule has 0 spiro atoms. The van der Waals surface area contributed by atoms with Crippen LogP contribution < -0.4 is 16.2 Å². The molecule has 0 bridgehead atoms. The van der Waals surface area contributed by atoms with E-state index in [-0.39, 0.29) is 48.4 Å². The molecule has 0 aliphatic heterocycles. The zero-order valence-corrected chi connectivity index (χ0v) is 30.1. The molecule has 22 heteroatoms. The van der Waals surface area contributed by atoms with Gasteiger partial charge in [0.2, 0.25) is 18.6 Å². The number of esters is 1. The van der Waals surface area contributed by atoms with Gasteiger partial charge in [-0.25, -0.2) is 27.6 Å². The molecule has 19 nitrogen and oxygen atoms in total. The second kappa shape index (κ2) is 19.9. The Hall–Kier alpha value is -3.30. The minimum Gasteiger partial charge on any atom is -0.476 e. The second-order valence-electron chi connectivity index (χ2n) is 11.3. The highest BCUT2D eigenvalue weighted by molar-refractivity contribution is 7.48. The lowest BCUT2D eigenvalue weighted by Gasteiger charge is -2.32. The summed E-state index contributed by atoms with van der Waals surface area (Å²) in [5.41, 5.74) is 11.8. The Labute approximate surface area is 288 Å². The first-order valence-electron chi connectivity index (χ1n) is 15.5. The molecule has 50 heavy (non-hydrogen) atoms. The molecular weight excluding hydrogens is 697 g/mol. The highest BCUT2D eigenvalue weighted by Gasteiger charge is 2.45. The number of anilines is 1. The number of carbonyl (C=O) groups is 2. The van der Waals surface area contributed by atoms with Gasteiger partial charge in [0.05, 0.1) is 25.1 Å². The van der Waals surface area contributed by atoms with Gasteiger partial charge in [-0.15, -0.1) is 0 Å². The fourth-order valence-corrected chi connectivity index (χ4v) is 4.42. The maximum Gasteiger partial charge on any atom is 0.510 e. The zero-order chi connectivity index (χ0) is 37.6. The first-order chi connectivity index (χ1) is 23.4. The van der Waals surface area contributed by atoms with Gasteiger partial charge in [-0.2, -0.15) is 9.97 Å². The average molecular weight is 745 g/mol. The van der Waals surface area contributed by atoms with E-state index >= 15 is 8.78 Å². The standard InChI is InChI=1S/C28H47F2N6O13P/c1-9-41-24-22-23(34-26(32)35-24)36(12-33-22)20(10-42-25(37)21(31)16(2)3)49-28(30,19(8)29)11-45-50(39,46-14-40-13-43-17(4)5)47-15-44-27(38)48-18(6)7/h12,16-21H,9-11,13-15,31H2,1-8H3,(H2,32,34,35)/t19-,20+,21?,28+,50?/m0/s1. The molecule has 286 valence electrons. The Morgan fingerprint density at radius 3 is 2.28 bits per heavy atom. The fourth-order valence-electron chi connectivity index (χ4n) is 3.48. The van der Waals surface area contributed by atoms with Crippen LogP contribution in [0.25, 0.3) is 11.2 Å². The van der Waals surface area contributed by atoms with Gasteiger partial charge in [-0.1, -0.05) is 13.8 Å². The molecule has 0 saturated heterocycles. The van der Waals surface area contributed by atoms with Crippen LogP contribution in [0.3, 0.4) is 0 Å². The summed E-state index contributed by atoms with van der Waals surface area (Å²) < 4.78 is 97.4. The minimum atomic E-state index is -4.90. The molecule has 2 heterocycles. The van der Waals surface area contributed by atoms with Crippen LogP contribution in [0.4, 0.5) is 19.5 Å². The van der Waals surface area contributed by atoms with Crippen LogP contribution in [0.1, 0.15) is 61.6 Å². The number of rotatable bonds is 23. The molecular formula is C28H47F2N6O13P. The largest absolute Gasteiger partial charge is 0.510 e. The van der Waals surface area contributed by atoms with Crippen LogP contribution in [0.5, 0.6) is 5.88 Å². The Bertz CT molecular complexity index is 1420. The van der Waals surface area contributed by atoms with E-state index in [0.717, 1.165) is 17.8 Å². The van der Waals surface area contributed by atoms with Crippen molar-refractivity contribution in [2.45, 2.75) is 91.9 Å². The summed E-state index contributed by atoms with van der Waals surface area (Å²) in [5, 5.41) is 0. The van der Waals surface area contributed by atoms with Crippen molar-refractivity contribution in [2.75, 3.05) is 45.9 Å². The normalized spacial score (nSPS) is 16.2. The molecule has 0 aromatic carbocycles. The van der Waals surface area contributed by atoms with Gasteiger partial charge in [0.1, 0.15) is 26.0 Å². The van der Waals surface area contributed by atoms with Crippen molar-refractivity contribution in [3.8, 4) is 5.88 Å². The minimum absolute atomic E-state index is 0.0178. The van der Waals surface area contributed by atoms with Gasteiger partial charge < -0.3 is 44.6 Å². The van der Waals surface area contributed by atoms with E-state index in [2.05, 4.69) is 19.7 Å². The summed E-state index contributed by atoms with van der Waals surface area (Å²) in [6.07, 6.45) is -5.07. The number of fused-ring (bicyclic) bond motifs is 1. The first kappa shape index (κ1) is 42.9. The smallest absolute Gasteiger partial charge is 0.476 e. The van der Waals surface area contributed by atoms with Crippen LogP contribution in [-0.4, -0.2) is 102 Å². The number of nitrogen functional groups attached to an aromatic ring is 1. The fraction of sp³-hybridized carbons (Fsp3) is 0.750. The van der Waals surface area contributed by atoms with E-state index in [1.165, 1.54) is 0 Å². The molecule has 0 fully saturated rings. The number of phosphoric acid groups is 1. The molecule has 2 aromatic heterocycles. The lowest BCUT2D eigenvalue weighted by atomic mass is 10.1. The Kier molecular flexibility index (Phi) is 17.1. The van der Waals surface area contributed by atoms with Crippen molar-refractivity contribution >= 4 is 37.1 Å². The zero-order valence-electron chi connectivity index (χ0n) is 29.2. The molecule has 0 radical (unpaired) electrons. The highest BCUT2D eigenvalue weighted by atomic mass is 31.2. The van der Waals surface area contributed by atoms with Gasteiger partial charge in [0.25, 0.3) is 5.85 Å². The molecule has 5 atom stereocenters. The average Bonchev–Trinajstić information content (AvgIpc) is 3.44. The first-order valence-corrected chi connectivity index (χ1v) is 17.0. The number of phosphoric ester groups is 1. The summed E-state index contributed by atoms with van der Waals surface area (Å²) in [6.45, 7) is 8.23. The molecule has 0 aliphatic carbocycles. The summed E-state index contributed by atoms with van der Waals surface area (Å²) in [5.74, 6) is -4.94. The predicted molar refractivity (Wildman–Crippen MR) is 170 cm³/mol. The van der Waals surface area contributed by atoms with Gasteiger partial charge in [-0.3, -0.25) is 18.4 Å². The van der Waals surface area contributed by atoms with Gasteiger partial charge in [0, 0.05) is 0 Å². The third kappa shape index (κ3) is 13.4. The summed E-state index contributed by atoms with van der Waals surface area (Å²) in [4.78, 5) is 36.7. The summed E-state index contributed by atoms with van der Waals surface area (Å²) in [7, 11) is -4.90. The highest BCUT2D eigenvalue weighted by Crippen LogP contribution is 2.51. The number of halogens is 2. The number of nitrogens with two attached hydrogens (primary N) is 2. The molecule has 2 rings (SSSR count). The maximum atomic E-state index is 16.5. The Morgan fingerprint density at radius 2 is 1.68 bits per heavy atom. The van der Waals surface area contributed by atoms with Crippen LogP contribution in [0, 0.1) is 5.92 Å². The molecule has 2 aromatic rings. The number of imidazole rings is 1. The maximum absolute atomic E-state index is 16.5. The molecule has 0 aliphatic rings. The Balaban J connectivity index is 2.40. The number of carbonyl (C=O) groups excluding carboxylic acids is 2. The molecule has 0 amide bonds. The van der Waals surface area contributed by atoms with Crippen molar-refractivity contribution < 1.29 is 69.7 Å². The topological polar surface area (TPSA) is 239 Å². The van der Waals surface area contributed by atoms with Crippen LogP contribution >= 0.6 is 7.82 Å². The Morgan fingerprint density at radius 1 is 1.00 bits per heavy atom. The lowest BCUT2D eigenvalue weighted by molar-refractivity contribution is -0.254. The number of aromatic nitrogens is 4. The summed E-state index contributed by atoms with van der Waals surface area (Å²) >= 11 is 0. The number of nitrogens with zero attached hydrogens (tertiary/aromatic N) is 4. The quantitative estimate of drug-likeness (QED) is 0.0709.